The van der Waals surface area contributed by atoms with Crippen molar-refractivity contribution in [2.75, 3.05) is 39.8 Å². The zero-order valence-corrected chi connectivity index (χ0v) is 14.5. The van der Waals surface area contributed by atoms with Gasteiger partial charge in [-0.3, -0.25) is 4.99 Å². The van der Waals surface area contributed by atoms with Crippen molar-refractivity contribution in [2.24, 2.45) is 16.8 Å². The average Bonchev–Trinajstić information content (AvgIpc) is 2.77. The van der Waals surface area contributed by atoms with E-state index in [1.165, 1.54) is 26.1 Å². The molecule has 1 rings (SSSR count). The molecule has 1 atom stereocenters. The van der Waals surface area contributed by atoms with Gasteiger partial charge in [0.05, 0.1) is 0 Å². The van der Waals surface area contributed by atoms with Crippen molar-refractivity contribution in [3.63, 3.8) is 0 Å². The summed E-state index contributed by atoms with van der Waals surface area (Å²) in [4.78, 5) is 6.75. The minimum atomic E-state index is 0. The molecule has 1 aliphatic heterocycles. The number of hydrogen-bond acceptors (Lipinski definition) is 2. The predicted octanol–water partition coefficient (Wildman–Crippen LogP) is 1.77. The van der Waals surface area contributed by atoms with Crippen LogP contribution in [0, 0.1) is 11.8 Å². The maximum Gasteiger partial charge on any atom is 0.190 e. The zero-order chi connectivity index (χ0) is 12.7. The number of hydrogen-bond donors (Lipinski definition) is 2. The molecule has 0 aliphatic carbocycles. The Morgan fingerprint density at radius 2 is 2.11 bits per heavy atom. The number of likely N-dealkylation sites (tertiary alicyclic amines) is 1. The summed E-state index contributed by atoms with van der Waals surface area (Å²) >= 11 is 0. The van der Waals surface area contributed by atoms with Crippen LogP contribution in [0.2, 0.25) is 0 Å². The van der Waals surface area contributed by atoms with E-state index < -0.39 is 0 Å². The standard InChI is InChI=1S/C13H28N4.HI/c1-5-17-7-6-12(10-17)9-16-13(14-4)15-8-11(2)3;/h11-12H,5-10H2,1-4H3,(H2,14,15,16);1H. The minimum absolute atomic E-state index is 0. The summed E-state index contributed by atoms with van der Waals surface area (Å²) in [5, 5.41) is 6.77. The molecule has 0 aromatic rings. The van der Waals surface area contributed by atoms with Crippen molar-refractivity contribution in [2.45, 2.75) is 27.2 Å². The second kappa shape index (κ2) is 9.83. The van der Waals surface area contributed by atoms with Crippen LogP contribution in [0.4, 0.5) is 0 Å². The number of halogens is 1. The molecule has 0 aromatic carbocycles. The summed E-state index contributed by atoms with van der Waals surface area (Å²) in [5.41, 5.74) is 0. The third kappa shape index (κ3) is 6.78. The largest absolute Gasteiger partial charge is 0.356 e. The number of guanidine groups is 1. The van der Waals surface area contributed by atoms with Crippen LogP contribution in [0.25, 0.3) is 0 Å². The van der Waals surface area contributed by atoms with Crippen molar-refractivity contribution < 1.29 is 0 Å². The maximum absolute atomic E-state index is 4.24. The molecule has 108 valence electrons. The van der Waals surface area contributed by atoms with Crippen molar-refractivity contribution in [1.82, 2.24) is 15.5 Å². The van der Waals surface area contributed by atoms with Crippen LogP contribution >= 0.6 is 24.0 Å². The fourth-order valence-electron chi connectivity index (χ4n) is 2.13. The van der Waals surface area contributed by atoms with E-state index in [0.717, 1.165) is 25.0 Å². The molecular weight excluding hydrogens is 339 g/mol. The summed E-state index contributed by atoms with van der Waals surface area (Å²) < 4.78 is 0. The van der Waals surface area contributed by atoms with Gasteiger partial charge in [0, 0.05) is 26.7 Å². The van der Waals surface area contributed by atoms with Gasteiger partial charge in [-0.25, -0.2) is 0 Å². The maximum atomic E-state index is 4.24. The summed E-state index contributed by atoms with van der Waals surface area (Å²) in [5.74, 6) is 2.36. The molecule has 0 bridgehead atoms. The van der Waals surface area contributed by atoms with Crippen LogP contribution in [-0.4, -0.2) is 50.6 Å². The lowest BCUT2D eigenvalue weighted by Crippen LogP contribution is -2.41. The monoisotopic (exact) mass is 368 g/mol. The van der Waals surface area contributed by atoms with Gasteiger partial charge in [0.25, 0.3) is 0 Å². The fourth-order valence-corrected chi connectivity index (χ4v) is 2.13. The zero-order valence-electron chi connectivity index (χ0n) is 12.2. The quantitative estimate of drug-likeness (QED) is 0.442. The van der Waals surface area contributed by atoms with E-state index in [2.05, 4.69) is 41.3 Å². The molecule has 0 radical (unpaired) electrons. The summed E-state index contributed by atoms with van der Waals surface area (Å²) in [7, 11) is 1.84. The Morgan fingerprint density at radius 3 is 2.61 bits per heavy atom. The SMILES string of the molecule is CCN1CCC(CNC(=NC)NCC(C)C)C1.I. The van der Waals surface area contributed by atoms with E-state index >= 15 is 0 Å². The van der Waals surface area contributed by atoms with Crippen LogP contribution < -0.4 is 10.6 Å². The van der Waals surface area contributed by atoms with E-state index in [9.17, 15) is 0 Å². The van der Waals surface area contributed by atoms with E-state index in [1.807, 2.05) is 7.05 Å². The van der Waals surface area contributed by atoms with Gasteiger partial charge in [0.15, 0.2) is 5.96 Å². The van der Waals surface area contributed by atoms with E-state index in [-0.39, 0.29) is 24.0 Å². The molecule has 4 nitrogen and oxygen atoms in total. The van der Waals surface area contributed by atoms with Crippen LogP contribution in [-0.2, 0) is 0 Å². The number of rotatable bonds is 5. The second-order valence-electron chi connectivity index (χ2n) is 5.28. The molecule has 5 heteroatoms. The first-order valence-electron chi connectivity index (χ1n) is 6.82. The Labute approximate surface area is 129 Å². The molecule has 1 unspecified atom stereocenters. The highest BCUT2D eigenvalue weighted by Crippen LogP contribution is 2.14. The van der Waals surface area contributed by atoms with E-state index in [0.29, 0.717) is 5.92 Å². The fraction of sp³-hybridized carbons (Fsp3) is 0.923. The molecular formula is C13H29IN4. The Bertz CT molecular complexity index is 243. The van der Waals surface area contributed by atoms with Gasteiger partial charge >= 0.3 is 0 Å². The lowest BCUT2D eigenvalue weighted by molar-refractivity contribution is 0.341. The molecule has 1 heterocycles. The van der Waals surface area contributed by atoms with E-state index in [1.54, 1.807) is 0 Å². The van der Waals surface area contributed by atoms with Gasteiger partial charge in [-0.2, -0.15) is 0 Å². The minimum Gasteiger partial charge on any atom is -0.356 e. The third-order valence-electron chi connectivity index (χ3n) is 3.28. The summed E-state index contributed by atoms with van der Waals surface area (Å²) in [6.45, 7) is 12.3. The molecule has 1 fully saturated rings. The smallest absolute Gasteiger partial charge is 0.190 e. The normalized spacial score (nSPS) is 20.9. The first-order valence-corrected chi connectivity index (χ1v) is 6.82. The molecule has 2 N–H and O–H groups in total. The first kappa shape index (κ1) is 18.0. The Hall–Kier alpha value is -0.0400. The first-order chi connectivity index (χ1) is 8.15. The number of aliphatic imine (C=N–C) groups is 1. The van der Waals surface area contributed by atoms with Crippen LogP contribution in [0.1, 0.15) is 27.2 Å². The van der Waals surface area contributed by atoms with Crippen molar-refractivity contribution in [3.8, 4) is 0 Å². The molecule has 0 aromatic heterocycles. The lowest BCUT2D eigenvalue weighted by atomic mass is 10.1. The van der Waals surface area contributed by atoms with Gasteiger partial charge in [-0.05, 0) is 31.3 Å². The molecule has 1 aliphatic rings. The molecule has 0 spiro atoms. The van der Waals surface area contributed by atoms with Crippen molar-refractivity contribution >= 4 is 29.9 Å². The molecule has 1 saturated heterocycles. The Morgan fingerprint density at radius 1 is 1.39 bits per heavy atom. The number of nitrogens with one attached hydrogen (secondary N) is 2. The van der Waals surface area contributed by atoms with Crippen LogP contribution in [0.15, 0.2) is 4.99 Å². The topological polar surface area (TPSA) is 39.7 Å². The van der Waals surface area contributed by atoms with E-state index in [4.69, 9.17) is 0 Å². The third-order valence-corrected chi connectivity index (χ3v) is 3.28. The Kier molecular flexibility index (Phi) is 9.81. The summed E-state index contributed by atoms with van der Waals surface area (Å²) in [6.07, 6.45) is 1.31. The molecule has 18 heavy (non-hydrogen) atoms. The van der Waals surface area contributed by atoms with Gasteiger partial charge in [-0.15, -0.1) is 24.0 Å². The van der Waals surface area contributed by atoms with Gasteiger partial charge in [0.2, 0.25) is 0 Å². The lowest BCUT2D eigenvalue weighted by Gasteiger charge is -2.17. The highest BCUT2D eigenvalue weighted by Gasteiger charge is 2.20. The summed E-state index contributed by atoms with van der Waals surface area (Å²) in [6, 6.07) is 0. The predicted molar refractivity (Wildman–Crippen MR) is 89.8 cm³/mol. The average molecular weight is 368 g/mol. The Balaban J connectivity index is 0.00000289. The van der Waals surface area contributed by atoms with Gasteiger partial charge < -0.3 is 15.5 Å². The molecule has 0 amide bonds. The van der Waals surface area contributed by atoms with Crippen LogP contribution in [0.5, 0.6) is 0 Å². The molecule has 0 saturated carbocycles. The second-order valence-corrected chi connectivity index (χ2v) is 5.28. The van der Waals surface area contributed by atoms with Crippen LogP contribution in [0.3, 0.4) is 0 Å². The van der Waals surface area contributed by atoms with Crippen molar-refractivity contribution in [3.05, 3.63) is 0 Å². The number of nitrogens with zero attached hydrogens (tertiary/aromatic N) is 2. The highest BCUT2D eigenvalue weighted by atomic mass is 127. The highest BCUT2D eigenvalue weighted by molar-refractivity contribution is 14.0. The van der Waals surface area contributed by atoms with Gasteiger partial charge in [0.1, 0.15) is 0 Å². The van der Waals surface area contributed by atoms with Crippen molar-refractivity contribution in [1.29, 1.82) is 0 Å². The van der Waals surface area contributed by atoms with Gasteiger partial charge in [-0.1, -0.05) is 20.8 Å².